The molecule has 0 fully saturated rings. The largest absolute Gasteiger partial charge is 0.344 e. The number of nitrogens with zero attached hydrogens (tertiary/aromatic N) is 2. The summed E-state index contributed by atoms with van der Waals surface area (Å²) in [6, 6.07) is 8.26. The van der Waals surface area contributed by atoms with Gasteiger partial charge >= 0.3 is 0 Å². The number of hydrogen-bond donors (Lipinski definition) is 2. The maximum absolute atomic E-state index is 12.9. The van der Waals surface area contributed by atoms with Crippen LogP contribution in [-0.4, -0.2) is 27.8 Å². The van der Waals surface area contributed by atoms with Gasteiger partial charge in [-0.15, -0.1) is 0 Å². The molecule has 1 heterocycles. The molecule has 2 aromatic rings. The van der Waals surface area contributed by atoms with Crippen molar-refractivity contribution in [3.05, 3.63) is 46.8 Å². The quantitative estimate of drug-likeness (QED) is 0.879. The highest BCUT2D eigenvalue weighted by atomic mass is 16.2. The van der Waals surface area contributed by atoms with Gasteiger partial charge in [-0.2, -0.15) is 5.10 Å². The fraction of sp³-hybridized carbons (Fsp3) is 0.500. The molecule has 1 aliphatic rings. The second-order valence-electron chi connectivity index (χ2n) is 7.61. The lowest BCUT2D eigenvalue weighted by atomic mass is 9.88. The van der Waals surface area contributed by atoms with Crippen LogP contribution in [0.15, 0.2) is 24.3 Å². The molecule has 1 unspecified atom stereocenters. The van der Waals surface area contributed by atoms with Crippen molar-refractivity contribution in [2.45, 2.75) is 52.5 Å². The Kier molecular flexibility index (Phi) is 4.69. The number of benzene rings is 1. The van der Waals surface area contributed by atoms with Gasteiger partial charge in [-0.25, -0.2) is 4.68 Å². The lowest BCUT2D eigenvalue weighted by Crippen LogP contribution is -2.55. The van der Waals surface area contributed by atoms with Crippen molar-refractivity contribution < 1.29 is 4.79 Å². The van der Waals surface area contributed by atoms with Crippen molar-refractivity contribution in [2.75, 3.05) is 6.54 Å². The van der Waals surface area contributed by atoms with Gasteiger partial charge < -0.3 is 11.1 Å². The molecule has 0 bridgehead atoms. The van der Waals surface area contributed by atoms with Gasteiger partial charge in [-0.05, 0) is 51.2 Å². The van der Waals surface area contributed by atoms with Crippen LogP contribution in [0.3, 0.4) is 0 Å². The van der Waals surface area contributed by atoms with Crippen LogP contribution in [0.25, 0.3) is 5.69 Å². The minimum absolute atomic E-state index is 0.120. The zero-order valence-corrected chi connectivity index (χ0v) is 15.6. The minimum Gasteiger partial charge on any atom is -0.344 e. The van der Waals surface area contributed by atoms with Gasteiger partial charge in [0.2, 0.25) is 0 Å². The first-order chi connectivity index (χ1) is 11.9. The SMILES string of the molecule is Cc1ccc(-n2nc(C(=O)NC(C)(CN)C(C)C)c3c2CCC3)cc1. The second-order valence-corrected chi connectivity index (χ2v) is 7.61. The van der Waals surface area contributed by atoms with Gasteiger partial charge in [0.25, 0.3) is 5.91 Å². The molecule has 1 aliphatic carbocycles. The molecule has 0 radical (unpaired) electrons. The fourth-order valence-electron chi connectivity index (χ4n) is 3.27. The highest BCUT2D eigenvalue weighted by Crippen LogP contribution is 2.28. The van der Waals surface area contributed by atoms with Crippen molar-refractivity contribution in [1.29, 1.82) is 0 Å². The number of carbonyl (C=O) groups excluding carboxylic acids is 1. The molecular formula is C20H28N4O. The van der Waals surface area contributed by atoms with Crippen LogP contribution in [-0.2, 0) is 12.8 Å². The number of nitrogens with two attached hydrogens (primary N) is 1. The topological polar surface area (TPSA) is 72.9 Å². The Morgan fingerprint density at radius 2 is 2.00 bits per heavy atom. The Hall–Kier alpha value is -2.14. The van der Waals surface area contributed by atoms with E-state index in [4.69, 9.17) is 5.73 Å². The summed E-state index contributed by atoms with van der Waals surface area (Å²) >= 11 is 0. The van der Waals surface area contributed by atoms with Gasteiger partial charge in [-0.3, -0.25) is 4.79 Å². The first-order valence-corrected chi connectivity index (χ1v) is 9.06. The number of hydrogen-bond acceptors (Lipinski definition) is 3. The van der Waals surface area contributed by atoms with Gasteiger partial charge in [0.05, 0.1) is 11.2 Å². The van der Waals surface area contributed by atoms with Gasteiger partial charge in [0.1, 0.15) is 0 Å². The Balaban J connectivity index is 1.97. The smallest absolute Gasteiger partial charge is 0.272 e. The molecule has 0 saturated heterocycles. The number of amides is 1. The van der Waals surface area contributed by atoms with Crippen LogP contribution in [0.1, 0.15) is 54.5 Å². The number of rotatable bonds is 5. The van der Waals surface area contributed by atoms with Gasteiger partial charge in [-0.1, -0.05) is 31.5 Å². The van der Waals surface area contributed by atoms with Crippen molar-refractivity contribution >= 4 is 5.91 Å². The predicted octanol–water partition coefficient (Wildman–Crippen LogP) is 2.77. The van der Waals surface area contributed by atoms with E-state index in [-0.39, 0.29) is 11.8 Å². The lowest BCUT2D eigenvalue weighted by molar-refractivity contribution is 0.0876. The molecule has 3 N–H and O–H groups in total. The standard InChI is InChI=1S/C20H28N4O/c1-13(2)20(4,12-21)22-19(25)18-16-6-5-7-17(16)24(23-18)15-10-8-14(3)9-11-15/h8-11,13H,5-7,12,21H2,1-4H3,(H,22,25). The lowest BCUT2D eigenvalue weighted by Gasteiger charge is -2.33. The Labute approximate surface area is 149 Å². The Morgan fingerprint density at radius 1 is 1.32 bits per heavy atom. The monoisotopic (exact) mass is 340 g/mol. The second kappa shape index (κ2) is 6.64. The normalized spacial score (nSPS) is 15.9. The average Bonchev–Trinajstić information content (AvgIpc) is 3.17. The Morgan fingerprint density at radius 3 is 2.60 bits per heavy atom. The number of fused-ring (bicyclic) bond motifs is 1. The molecule has 1 amide bonds. The van der Waals surface area contributed by atoms with Crippen molar-refractivity contribution in [3.8, 4) is 5.69 Å². The third-order valence-corrected chi connectivity index (χ3v) is 5.52. The van der Waals surface area contributed by atoms with E-state index in [9.17, 15) is 4.79 Å². The first kappa shape index (κ1) is 17.7. The maximum Gasteiger partial charge on any atom is 0.272 e. The van der Waals surface area contributed by atoms with E-state index < -0.39 is 5.54 Å². The van der Waals surface area contributed by atoms with Crippen molar-refractivity contribution in [1.82, 2.24) is 15.1 Å². The summed E-state index contributed by atoms with van der Waals surface area (Å²) in [6.07, 6.45) is 2.93. The van der Waals surface area contributed by atoms with E-state index >= 15 is 0 Å². The van der Waals surface area contributed by atoms with Crippen LogP contribution >= 0.6 is 0 Å². The van der Waals surface area contributed by atoms with Gasteiger partial charge in [0, 0.05) is 17.8 Å². The number of aromatic nitrogens is 2. The molecule has 3 rings (SSSR count). The van der Waals surface area contributed by atoms with Crippen LogP contribution in [0.2, 0.25) is 0 Å². The van der Waals surface area contributed by atoms with E-state index in [1.54, 1.807) is 0 Å². The molecule has 5 nitrogen and oxygen atoms in total. The van der Waals surface area contributed by atoms with E-state index in [0.29, 0.717) is 12.2 Å². The molecule has 0 aliphatic heterocycles. The highest BCUT2D eigenvalue weighted by Gasteiger charge is 2.33. The molecular weight excluding hydrogens is 312 g/mol. The maximum atomic E-state index is 12.9. The fourth-order valence-corrected chi connectivity index (χ4v) is 3.27. The number of aryl methyl sites for hydroxylation is 1. The summed E-state index contributed by atoms with van der Waals surface area (Å²) in [5.41, 5.74) is 10.5. The van der Waals surface area contributed by atoms with Crippen LogP contribution in [0, 0.1) is 12.8 Å². The first-order valence-electron chi connectivity index (χ1n) is 9.06. The van der Waals surface area contributed by atoms with E-state index in [1.165, 1.54) is 5.56 Å². The summed E-state index contributed by atoms with van der Waals surface area (Å²) in [7, 11) is 0. The summed E-state index contributed by atoms with van der Waals surface area (Å²) in [6.45, 7) is 8.60. The minimum atomic E-state index is -0.434. The van der Waals surface area contributed by atoms with Crippen molar-refractivity contribution in [2.24, 2.45) is 11.7 Å². The average molecular weight is 340 g/mol. The number of nitrogens with one attached hydrogen (secondary N) is 1. The summed E-state index contributed by atoms with van der Waals surface area (Å²) in [5, 5.41) is 7.80. The predicted molar refractivity (Wildman–Crippen MR) is 100 cm³/mol. The third kappa shape index (κ3) is 3.21. The van der Waals surface area contributed by atoms with Gasteiger partial charge in [0.15, 0.2) is 5.69 Å². The van der Waals surface area contributed by atoms with Crippen LogP contribution in [0.5, 0.6) is 0 Å². The molecule has 0 spiro atoms. The van der Waals surface area contributed by atoms with E-state index in [2.05, 4.69) is 55.5 Å². The molecule has 134 valence electrons. The zero-order valence-electron chi connectivity index (χ0n) is 15.6. The van der Waals surface area contributed by atoms with Crippen LogP contribution < -0.4 is 11.1 Å². The molecule has 25 heavy (non-hydrogen) atoms. The summed E-state index contributed by atoms with van der Waals surface area (Å²) in [5.74, 6) is 0.124. The van der Waals surface area contributed by atoms with E-state index in [1.807, 2.05) is 11.6 Å². The summed E-state index contributed by atoms with van der Waals surface area (Å²) in [4.78, 5) is 12.9. The molecule has 1 atom stereocenters. The molecule has 5 heteroatoms. The highest BCUT2D eigenvalue weighted by molar-refractivity contribution is 5.94. The molecule has 1 aromatic heterocycles. The van der Waals surface area contributed by atoms with Crippen molar-refractivity contribution in [3.63, 3.8) is 0 Å². The molecule has 1 aromatic carbocycles. The van der Waals surface area contributed by atoms with Crippen LogP contribution in [0.4, 0.5) is 0 Å². The zero-order chi connectivity index (χ0) is 18.2. The number of carbonyl (C=O) groups is 1. The van der Waals surface area contributed by atoms with E-state index in [0.717, 1.165) is 36.2 Å². The Bertz CT molecular complexity index is 776. The third-order valence-electron chi connectivity index (χ3n) is 5.52. The molecule has 0 saturated carbocycles. The summed E-state index contributed by atoms with van der Waals surface area (Å²) < 4.78 is 1.94.